The van der Waals surface area contributed by atoms with Crippen molar-refractivity contribution >= 4 is 11.6 Å². The van der Waals surface area contributed by atoms with Crippen molar-refractivity contribution in [3.8, 4) is 0 Å². The highest BCUT2D eigenvalue weighted by atomic mass is 35.5. The molecule has 0 unspecified atom stereocenters. The molecule has 2 heteroatoms. The van der Waals surface area contributed by atoms with Crippen LogP contribution < -0.4 is 5.32 Å². The van der Waals surface area contributed by atoms with Crippen LogP contribution in [0.2, 0.25) is 5.02 Å². The van der Waals surface area contributed by atoms with Gasteiger partial charge in [-0.2, -0.15) is 0 Å². The van der Waals surface area contributed by atoms with E-state index in [4.69, 9.17) is 11.6 Å². The molecule has 2 atom stereocenters. The summed E-state index contributed by atoms with van der Waals surface area (Å²) in [6.07, 6.45) is 1.07. The maximum Gasteiger partial charge on any atom is 0.0409 e. The van der Waals surface area contributed by atoms with Crippen LogP contribution in [0, 0.1) is 0 Å². The molecule has 0 fully saturated rings. The van der Waals surface area contributed by atoms with Crippen molar-refractivity contribution in [2.45, 2.75) is 18.4 Å². The van der Waals surface area contributed by atoms with Crippen LogP contribution in [-0.2, 0) is 6.42 Å². The van der Waals surface area contributed by atoms with Gasteiger partial charge in [-0.25, -0.2) is 0 Å². The Labute approximate surface area is 112 Å². The smallest absolute Gasteiger partial charge is 0.0409 e. The fraction of sp³-hybridized carbons (Fsp3) is 0.250. The number of nitrogens with one attached hydrogen (secondary N) is 1. The molecule has 1 aliphatic carbocycles. The molecular weight excluding hydrogens is 242 g/mol. The molecule has 2 aliphatic heterocycles. The Balaban J connectivity index is 1.99. The maximum atomic E-state index is 6.17. The van der Waals surface area contributed by atoms with E-state index in [0.29, 0.717) is 12.0 Å². The summed E-state index contributed by atoms with van der Waals surface area (Å²) in [5, 5.41) is 4.50. The van der Waals surface area contributed by atoms with E-state index in [1.807, 2.05) is 6.07 Å². The predicted octanol–water partition coefficient (Wildman–Crippen LogP) is 3.67. The maximum absolute atomic E-state index is 6.17. The quantitative estimate of drug-likeness (QED) is 0.757. The molecule has 2 aromatic rings. The van der Waals surface area contributed by atoms with E-state index < -0.39 is 0 Å². The van der Waals surface area contributed by atoms with Crippen LogP contribution in [0.15, 0.2) is 42.5 Å². The molecule has 1 nitrogen and oxygen atoms in total. The van der Waals surface area contributed by atoms with Crippen molar-refractivity contribution in [3.05, 3.63) is 69.7 Å². The highest BCUT2D eigenvalue weighted by Gasteiger charge is 2.33. The minimum atomic E-state index is 0.452. The molecule has 2 aromatic carbocycles. The molecular formula is C16H14ClN. The van der Waals surface area contributed by atoms with Crippen molar-refractivity contribution < 1.29 is 0 Å². The summed E-state index contributed by atoms with van der Waals surface area (Å²) in [6, 6.07) is 15.6. The lowest BCUT2D eigenvalue weighted by Gasteiger charge is -2.29. The lowest BCUT2D eigenvalue weighted by atomic mass is 9.85. The van der Waals surface area contributed by atoms with Crippen LogP contribution in [0.5, 0.6) is 0 Å². The molecule has 0 spiro atoms. The van der Waals surface area contributed by atoms with Gasteiger partial charge in [0.15, 0.2) is 0 Å². The van der Waals surface area contributed by atoms with Crippen LogP contribution in [0.3, 0.4) is 0 Å². The fourth-order valence-corrected chi connectivity index (χ4v) is 3.56. The average Bonchev–Trinajstić information content (AvgIpc) is 2.65. The zero-order chi connectivity index (χ0) is 12.1. The zero-order valence-electron chi connectivity index (χ0n) is 9.99. The molecule has 0 amide bonds. The molecule has 18 heavy (non-hydrogen) atoms. The van der Waals surface area contributed by atoms with Gasteiger partial charge in [0.05, 0.1) is 0 Å². The van der Waals surface area contributed by atoms with Crippen molar-refractivity contribution in [2.75, 3.05) is 6.54 Å². The average molecular weight is 256 g/mol. The normalized spacial score (nSPS) is 24.3. The van der Waals surface area contributed by atoms with E-state index in [0.717, 1.165) is 18.0 Å². The molecule has 0 saturated carbocycles. The summed E-state index contributed by atoms with van der Waals surface area (Å²) in [7, 11) is 0. The Kier molecular flexibility index (Phi) is 2.26. The van der Waals surface area contributed by atoms with Crippen LogP contribution in [0.25, 0.3) is 0 Å². The first-order valence-corrected chi connectivity index (χ1v) is 6.81. The summed E-state index contributed by atoms with van der Waals surface area (Å²) < 4.78 is 0. The first-order valence-electron chi connectivity index (χ1n) is 6.43. The molecule has 0 aromatic heterocycles. The second-order valence-electron chi connectivity index (χ2n) is 5.19. The monoisotopic (exact) mass is 255 g/mol. The van der Waals surface area contributed by atoms with Gasteiger partial charge in [-0.15, -0.1) is 0 Å². The van der Waals surface area contributed by atoms with Gasteiger partial charge in [-0.3, -0.25) is 0 Å². The first-order chi connectivity index (χ1) is 8.83. The summed E-state index contributed by atoms with van der Waals surface area (Å²) in [5.41, 5.74) is 5.78. The van der Waals surface area contributed by atoms with Crippen LogP contribution in [-0.4, -0.2) is 6.54 Å². The van der Waals surface area contributed by atoms with Gasteiger partial charge in [0.2, 0.25) is 0 Å². The van der Waals surface area contributed by atoms with Crippen LogP contribution >= 0.6 is 11.6 Å². The molecule has 2 heterocycles. The van der Waals surface area contributed by atoms with Crippen molar-refractivity contribution in [2.24, 2.45) is 0 Å². The summed E-state index contributed by atoms with van der Waals surface area (Å²) in [6.45, 7) is 1.02. The van der Waals surface area contributed by atoms with Gasteiger partial charge < -0.3 is 5.32 Å². The highest BCUT2D eigenvalue weighted by molar-refractivity contribution is 6.30. The van der Waals surface area contributed by atoms with Gasteiger partial charge in [0.25, 0.3) is 0 Å². The Bertz CT molecular complexity index is 620. The molecule has 0 saturated heterocycles. The van der Waals surface area contributed by atoms with Gasteiger partial charge >= 0.3 is 0 Å². The van der Waals surface area contributed by atoms with Crippen LogP contribution in [0.4, 0.5) is 0 Å². The Morgan fingerprint density at radius 3 is 2.72 bits per heavy atom. The highest BCUT2D eigenvalue weighted by Crippen LogP contribution is 2.42. The van der Waals surface area contributed by atoms with E-state index in [-0.39, 0.29) is 0 Å². The molecule has 1 N–H and O–H groups in total. The van der Waals surface area contributed by atoms with Crippen molar-refractivity contribution in [1.82, 2.24) is 5.32 Å². The van der Waals surface area contributed by atoms with E-state index in [9.17, 15) is 0 Å². The van der Waals surface area contributed by atoms with E-state index >= 15 is 0 Å². The lowest BCUT2D eigenvalue weighted by Crippen LogP contribution is -2.31. The SMILES string of the molecule is Clc1ccc2c(c1)[C@@H]1CN[C@H](C2)c2ccccc21. The van der Waals surface area contributed by atoms with Crippen LogP contribution in [0.1, 0.15) is 34.2 Å². The Morgan fingerprint density at radius 2 is 1.83 bits per heavy atom. The van der Waals surface area contributed by atoms with Gasteiger partial charge in [-0.1, -0.05) is 41.9 Å². The van der Waals surface area contributed by atoms with E-state index in [2.05, 4.69) is 41.7 Å². The third-order valence-electron chi connectivity index (χ3n) is 4.22. The van der Waals surface area contributed by atoms with E-state index in [1.165, 1.54) is 22.3 Å². The Morgan fingerprint density at radius 1 is 1.00 bits per heavy atom. The molecule has 2 bridgehead atoms. The van der Waals surface area contributed by atoms with Gasteiger partial charge in [0, 0.05) is 23.5 Å². The standard InChI is InChI=1S/C16H14ClN/c17-11-6-5-10-7-16-13-4-2-1-3-12(13)15(9-18-16)14(10)8-11/h1-6,8,15-16,18H,7,9H2/t15-,16-/m1/s1. The summed E-state index contributed by atoms with van der Waals surface area (Å²) in [4.78, 5) is 0. The summed E-state index contributed by atoms with van der Waals surface area (Å²) >= 11 is 6.17. The first kappa shape index (κ1) is 10.6. The van der Waals surface area contributed by atoms with Gasteiger partial charge in [-0.05, 0) is 40.8 Å². The van der Waals surface area contributed by atoms with E-state index in [1.54, 1.807) is 0 Å². The third kappa shape index (κ3) is 1.44. The number of hydrogen-bond acceptors (Lipinski definition) is 1. The van der Waals surface area contributed by atoms with Crippen molar-refractivity contribution in [1.29, 1.82) is 0 Å². The number of halogens is 1. The Hall–Kier alpha value is -1.31. The topological polar surface area (TPSA) is 12.0 Å². The lowest BCUT2D eigenvalue weighted by molar-refractivity contribution is 0.500. The molecule has 0 radical (unpaired) electrons. The number of benzene rings is 2. The molecule has 5 rings (SSSR count). The summed E-state index contributed by atoms with van der Waals surface area (Å²) in [5.74, 6) is 0.452. The number of rotatable bonds is 0. The number of fused-ring (bicyclic) bond motifs is 1. The minimum Gasteiger partial charge on any atom is -0.309 e. The molecule has 3 aliphatic rings. The minimum absolute atomic E-state index is 0.452. The molecule has 90 valence electrons. The zero-order valence-corrected chi connectivity index (χ0v) is 10.7. The number of hydrogen-bond donors (Lipinski definition) is 1. The third-order valence-corrected chi connectivity index (χ3v) is 4.46. The largest absolute Gasteiger partial charge is 0.309 e. The second kappa shape index (κ2) is 3.84. The van der Waals surface area contributed by atoms with Gasteiger partial charge in [0.1, 0.15) is 0 Å². The predicted molar refractivity (Wildman–Crippen MR) is 74.2 cm³/mol. The second-order valence-corrected chi connectivity index (χ2v) is 5.63. The van der Waals surface area contributed by atoms with Crippen molar-refractivity contribution in [3.63, 3.8) is 0 Å². The fourth-order valence-electron chi connectivity index (χ4n) is 3.38.